The molecule has 3 aromatic carbocycles. The average molecular weight is 674 g/mol. The lowest BCUT2D eigenvalue weighted by Crippen LogP contribution is -2.52. The normalized spacial score (nSPS) is 18.3. The SMILES string of the molecule is CCCCC1=NC(Cl)(OCCC(O)NC(C)C)C(CNC(=O)c2cc3ccccc3[nH]2)N1Cc1ccc(-c2ccccc2C(=O)O)cc1. The Morgan fingerprint density at radius 2 is 1.81 bits per heavy atom. The van der Waals surface area contributed by atoms with Gasteiger partial charge in [-0.15, -0.1) is 0 Å². The number of para-hydroxylation sites is 1. The molecule has 48 heavy (non-hydrogen) atoms. The minimum atomic E-state index is -1.51. The van der Waals surface area contributed by atoms with Crippen molar-refractivity contribution in [3.05, 3.63) is 95.7 Å². The Morgan fingerprint density at radius 3 is 2.52 bits per heavy atom. The number of aliphatic hydroxyl groups excluding tert-OH is 1. The van der Waals surface area contributed by atoms with Crippen molar-refractivity contribution in [2.75, 3.05) is 13.2 Å². The van der Waals surface area contributed by atoms with Gasteiger partial charge in [-0.2, -0.15) is 0 Å². The number of alkyl halides is 1. The zero-order valence-corrected chi connectivity index (χ0v) is 28.3. The number of H-pyrrole nitrogens is 1. The molecule has 1 aliphatic heterocycles. The van der Waals surface area contributed by atoms with Gasteiger partial charge < -0.3 is 30.2 Å². The molecule has 0 saturated heterocycles. The molecule has 2 heterocycles. The second kappa shape index (κ2) is 15.8. The number of fused-ring (bicyclic) bond motifs is 1. The number of nitrogens with one attached hydrogen (secondary N) is 3. The summed E-state index contributed by atoms with van der Waals surface area (Å²) >= 11 is 7.24. The van der Waals surface area contributed by atoms with E-state index in [2.05, 4.69) is 27.4 Å². The molecule has 3 unspecified atom stereocenters. The number of carboxylic acid groups (broad SMARTS) is 1. The maximum atomic E-state index is 13.4. The van der Waals surface area contributed by atoms with Crippen molar-refractivity contribution >= 4 is 40.2 Å². The van der Waals surface area contributed by atoms with Crippen LogP contribution in [-0.4, -0.2) is 74.5 Å². The first-order valence-corrected chi connectivity index (χ1v) is 16.9. The number of benzene rings is 3. The Hall–Kier alpha value is -4.22. The van der Waals surface area contributed by atoms with Crippen LogP contribution in [0.1, 0.15) is 72.9 Å². The Morgan fingerprint density at radius 1 is 1.08 bits per heavy atom. The van der Waals surface area contributed by atoms with Crippen LogP contribution >= 0.6 is 11.6 Å². The molecule has 4 aromatic rings. The van der Waals surface area contributed by atoms with Crippen molar-refractivity contribution in [1.29, 1.82) is 0 Å². The van der Waals surface area contributed by atoms with Crippen LogP contribution in [-0.2, 0) is 11.3 Å². The van der Waals surface area contributed by atoms with Gasteiger partial charge in [0.25, 0.3) is 11.1 Å². The van der Waals surface area contributed by atoms with Crippen LogP contribution in [0.4, 0.5) is 0 Å². The molecule has 0 bridgehead atoms. The average Bonchev–Trinajstić information content (AvgIpc) is 3.61. The van der Waals surface area contributed by atoms with Crippen LogP contribution in [0, 0.1) is 0 Å². The lowest BCUT2D eigenvalue weighted by molar-refractivity contribution is -0.0276. The van der Waals surface area contributed by atoms with Gasteiger partial charge in [-0.1, -0.05) is 85.6 Å². The van der Waals surface area contributed by atoms with Crippen LogP contribution in [0.5, 0.6) is 0 Å². The number of carbonyl (C=O) groups is 2. The summed E-state index contributed by atoms with van der Waals surface area (Å²) in [5.74, 6) is -0.477. The van der Waals surface area contributed by atoms with E-state index < -0.39 is 23.4 Å². The number of hydrogen-bond acceptors (Lipinski definition) is 7. The number of rotatable bonds is 16. The number of aromatic carboxylic acids is 1. The van der Waals surface area contributed by atoms with Crippen LogP contribution < -0.4 is 10.6 Å². The number of hydrogen-bond donors (Lipinski definition) is 5. The van der Waals surface area contributed by atoms with E-state index in [4.69, 9.17) is 21.3 Å². The molecule has 0 fully saturated rings. The predicted molar refractivity (Wildman–Crippen MR) is 189 cm³/mol. The highest BCUT2D eigenvalue weighted by atomic mass is 35.5. The van der Waals surface area contributed by atoms with Gasteiger partial charge in [0.05, 0.1) is 12.2 Å². The molecule has 1 aliphatic rings. The largest absolute Gasteiger partial charge is 0.478 e. The smallest absolute Gasteiger partial charge is 0.336 e. The number of carbonyl (C=O) groups excluding carboxylic acids is 1. The van der Waals surface area contributed by atoms with E-state index in [9.17, 15) is 19.8 Å². The first-order chi connectivity index (χ1) is 23.1. The second-order valence-corrected chi connectivity index (χ2v) is 12.9. The first kappa shape index (κ1) is 35.1. The van der Waals surface area contributed by atoms with Gasteiger partial charge in [-0.05, 0) is 55.2 Å². The zero-order valence-electron chi connectivity index (χ0n) is 27.6. The van der Waals surface area contributed by atoms with Gasteiger partial charge in [0.2, 0.25) is 0 Å². The Bertz CT molecular complexity index is 1710. The third kappa shape index (κ3) is 8.43. The molecule has 5 rings (SSSR count). The monoisotopic (exact) mass is 673 g/mol. The summed E-state index contributed by atoms with van der Waals surface area (Å²) in [6.07, 6.45) is 2.05. The molecule has 254 valence electrons. The van der Waals surface area contributed by atoms with Crippen LogP contribution in [0.15, 0.2) is 83.9 Å². The minimum absolute atomic E-state index is 0.0993. The number of ether oxygens (including phenoxy) is 1. The molecule has 5 N–H and O–H groups in total. The fourth-order valence-electron chi connectivity index (χ4n) is 5.96. The van der Waals surface area contributed by atoms with Gasteiger partial charge in [0.1, 0.15) is 23.8 Å². The molecule has 1 aromatic heterocycles. The summed E-state index contributed by atoms with van der Waals surface area (Å²) in [7, 11) is 0. The zero-order chi connectivity index (χ0) is 34.3. The summed E-state index contributed by atoms with van der Waals surface area (Å²) in [6.45, 7) is 6.75. The fraction of sp³-hybridized carbons (Fsp3) is 0.378. The number of aliphatic hydroxyl groups is 1. The fourth-order valence-corrected chi connectivity index (χ4v) is 6.33. The van der Waals surface area contributed by atoms with E-state index in [0.717, 1.165) is 40.7 Å². The van der Waals surface area contributed by atoms with Crippen molar-refractivity contribution in [2.45, 2.75) is 76.5 Å². The third-order valence-corrected chi connectivity index (χ3v) is 8.83. The highest BCUT2D eigenvalue weighted by Gasteiger charge is 2.48. The number of nitrogens with zero attached hydrogens (tertiary/aromatic N) is 2. The molecule has 11 heteroatoms. The van der Waals surface area contributed by atoms with Gasteiger partial charge in [-0.25, -0.2) is 9.79 Å². The van der Waals surface area contributed by atoms with Crippen molar-refractivity contribution in [3.8, 4) is 11.1 Å². The summed E-state index contributed by atoms with van der Waals surface area (Å²) in [4.78, 5) is 35.4. The van der Waals surface area contributed by atoms with Crippen molar-refractivity contribution in [3.63, 3.8) is 0 Å². The third-order valence-electron chi connectivity index (χ3n) is 8.38. The number of amidine groups is 1. The van der Waals surface area contributed by atoms with E-state index in [1.54, 1.807) is 18.2 Å². The molecule has 1 amide bonds. The molecule has 0 saturated carbocycles. The molecule has 10 nitrogen and oxygen atoms in total. The van der Waals surface area contributed by atoms with Crippen molar-refractivity contribution in [1.82, 2.24) is 20.5 Å². The minimum Gasteiger partial charge on any atom is -0.478 e. The van der Waals surface area contributed by atoms with E-state index in [1.165, 1.54) is 0 Å². The lowest BCUT2D eigenvalue weighted by Gasteiger charge is -2.34. The second-order valence-electron chi connectivity index (χ2n) is 12.4. The van der Waals surface area contributed by atoms with E-state index in [1.807, 2.05) is 74.5 Å². The van der Waals surface area contributed by atoms with Gasteiger partial charge in [-0.3, -0.25) is 10.1 Å². The molecule has 0 spiro atoms. The summed E-state index contributed by atoms with van der Waals surface area (Å²) in [6, 6.07) is 23.7. The summed E-state index contributed by atoms with van der Waals surface area (Å²) in [5, 5.41) is 25.6. The van der Waals surface area contributed by atoms with E-state index in [0.29, 0.717) is 30.6 Å². The number of unbranched alkanes of at least 4 members (excludes halogenated alkanes) is 1. The number of aliphatic imine (C=N–C) groups is 1. The maximum absolute atomic E-state index is 13.4. The van der Waals surface area contributed by atoms with Crippen LogP contribution in [0.3, 0.4) is 0 Å². The lowest BCUT2D eigenvalue weighted by atomic mass is 9.98. The highest BCUT2D eigenvalue weighted by Crippen LogP contribution is 2.37. The predicted octanol–water partition coefficient (Wildman–Crippen LogP) is 6.35. The number of amides is 1. The first-order valence-electron chi connectivity index (χ1n) is 16.5. The van der Waals surface area contributed by atoms with Crippen LogP contribution in [0.25, 0.3) is 22.0 Å². The number of halogens is 1. The maximum Gasteiger partial charge on any atom is 0.336 e. The Balaban J connectivity index is 1.40. The quantitative estimate of drug-likeness (QED) is 0.0531. The van der Waals surface area contributed by atoms with E-state index >= 15 is 0 Å². The highest BCUT2D eigenvalue weighted by molar-refractivity contribution is 6.24. The number of aromatic amines is 1. The van der Waals surface area contributed by atoms with Crippen molar-refractivity contribution in [2.24, 2.45) is 4.99 Å². The van der Waals surface area contributed by atoms with Gasteiger partial charge in [0, 0.05) is 42.9 Å². The van der Waals surface area contributed by atoms with Gasteiger partial charge in [0.15, 0.2) is 0 Å². The number of aromatic nitrogens is 1. The van der Waals surface area contributed by atoms with Crippen molar-refractivity contribution < 1.29 is 24.5 Å². The number of carboxylic acids is 1. The molecular weight excluding hydrogens is 630 g/mol. The van der Waals surface area contributed by atoms with Gasteiger partial charge >= 0.3 is 5.97 Å². The molecule has 0 radical (unpaired) electrons. The molecular formula is C37H44ClN5O5. The van der Waals surface area contributed by atoms with Crippen LogP contribution in [0.2, 0.25) is 0 Å². The van der Waals surface area contributed by atoms with E-state index in [-0.39, 0.29) is 30.7 Å². The molecule has 0 aliphatic carbocycles. The summed E-state index contributed by atoms with van der Waals surface area (Å²) < 4.78 is 6.25. The summed E-state index contributed by atoms with van der Waals surface area (Å²) in [5.41, 5.74) is 3.94. The Kier molecular flexibility index (Phi) is 11.5. The molecule has 3 atom stereocenters. The topological polar surface area (TPSA) is 139 Å². The Labute approximate surface area is 286 Å². The standard InChI is InChI=1S/C37H44ClN5O5/c1-4-5-14-33-42-37(38,48-20-19-34(44)40-24(2)3)32(22-39-35(45)31-21-27-10-6-9-13-30(27)41-31)43(33)23-25-15-17-26(18-16-25)28-11-7-8-12-29(28)36(46)47/h6-13,15-18,21,24,32,34,40-41,44H,4-5,14,19-20,22-23H2,1-3H3,(H,39,45)(H,46,47).